The summed E-state index contributed by atoms with van der Waals surface area (Å²) in [4.78, 5) is 25.2. The van der Waals surface area contributed by atoms with Crippen LogP contribution in [-0.4, -0.2) is 36.9 Å². The molecule has 0 fully saturated rings. The van der Waals surface area contributed by atoms with Crippen molar-refractivity contribution >= 4 is 34.3 Å². The van der Waals surface area contributed by atoms with Gasteiger partial charge in [0.2, 0.25) is 11.7 Å². The predicted molar refractivity (Wildman–Crippen MR) is 111 cm³/mol. The summed E-state index contributed by atoms with van der Waals surface area (Å²) < 4.78 is 3.54. The second kappa shape index (κ2) is 8.93. The Kier molecular flexibility index (Phi) is 6.37. The van der Waals surface area contributed by atoms with Crippen LogP contribution in [0.1, 0.15) is 33.1 Å². The van der Waals surface area contributed by atoms with Crippen molar-refractivity contribution in [1.29, 1.82) is 0 Å². The fourth-order valence-electron chi connectivity index (χ4n) is 3.02. The van der Waals surface area contributed by atoms with Crippen LogP contribution in [0.3, 0.4) is 0 Å². The fraction of sp³-hybridized carbons (Fsp3) is 0.400. The maximum Gasteiger partial charge on any atom is 0.262 e. The van der Waals surface area contributed by atoms with Crippen LogP contribution in [0, 0.1) is 12.3 Å². The van der Waals surface area contributed by atoms with E-state index in [0.717, 1.165) is 24.8 Å². The van der Waals surface area contributed by atoms with Crippen LogP contribution in [-0.2, 0) is 11.3 Å². The van der Waals surface area contributed by atoms with Crippen LogP contribution in [0.25, 0.3) is 16.7 Å². The number of amides is 1. The lowest BCUT2D eigenvalue weighted by molar-refractivity contribution is -0.120. The number of carbonyl (C=O) groups excluding carboxylic acids is 1. The molecule has 1 N–H and O–H groups in total. The molecule has 0 spiro atoms. The zero-order valence-corrected chi connectivity index (χ0v) is 16.8. The Bertz CT molecular complexity index is 1100. The SMILES string of the molecule is C#CCNC(=O)C(C)Sc1nnc2n(CCCCC)c(=O)c3ccccc3n12. The van der Waals surface area contributed by atoms with E-state index in [2.05, 4.69) is 28.4 Å². The van der Waals surface area contributed by atoms with E-state index in [9.17, 15) is 9.59 Å². The molecular formula is C20H23N5O2S. The Morgan fingerprint density at radius 1 is 1.32 bits per heavy atom. The van der Waals surface area contributed by atoms with Crippen molar-refractivity contribution in [1.82, 2.24) is 24.5 Å². The van der Waals surface area contributed by atoms with Crippen molar-refractivity contribution in [3.05, 3.63) is 34.6 Å². The summed E-state index contributed by atoms with van der Waals surface area (Å²) in [7, 11) is 0. The Hall–Kier alpha value is -2.79. The van der Waals surface area contributed by atoms with Crippen LogP contribution in [0.5, 0.6) is 0 Å². The van der Waals surface area contributed by atoms with Crippen molar-refractivity contribution in [2.45, 2.75) is 50.1 Å². The van der Waals surface area contributed by atoms with E-state index in [1.807, 2.05) is 28.7 Å². The fourth-order valence-corrected chi connectivity index (χ4v) is 3.90. The first-order chi connectivity index (χ1) is 13.6. The standard InChI is InChI=1S/C20H23N5O2S/c1-4-6-9-13-24-18(27)15-10-7-8-11-16(15)25-19(24)22-23-20(25)28-14(3)17(26)21-12-5-2/h2,7-8,10-11,14H,4,6,9,12-13H2,1,3H3,(H,21,26). The number of nitrogens with one attached hydrogen (secondary N) is 1. The Balaban J connectivity index is 2.07. The largest absolute Gasteiger partial charge is 0.344 e. The summed E-state index contributed by atoms with van der Waals surface area (Å²) in [5.74, 6) is 2.72. The van der Waals surface area contributed by atoms with E-state index in [-0.39, 0.29) is 18.0 Å². The number of carbonyl (C=O) groups is 1. The Morgan fingerprint density at radius 3 is 2.86 bits per heavy atom. The molecule has 8 heteroatoms. The molecule has 7 nitrogen and oxygen atoms in total. The molecular weight excluding hydrogens is 374 g/mol. The van der Waals surface area contributed by atoms with Crippen molar-refractivity contribution in [3.8, 4) is 12.3 Å². The van der Waals surface area contributed by atoms with Gasteiger partial charge in [0.05, 0.1) is 22.7 Å². The molecule has 28 heavy (non-hydrogen) atoms. The molecule has 1 aromatic carbocycles. The lowest BCUT2D eigenvalue weighted by atomic mass is 10.2. The number of thioether (sulfide) groups is 1. The number of rotatable bonds is 8. The number of para-hydroxylation sites is 1. The highest BCUT2D eigenvalue weighted by Crippen LogP contribution is 2.25. The lowest BCUT2D eigenvalue weighted by Crippen LogP contribution is -2.31. The van der Waals surface area contributed by atoms with Gasteiger partial charge >= 0.3 is 0 Å². The van der Waals surface area contributed by atoms with Crippen molar-refractivity contribution < 1.29 is 4.79 Å². The second-order valence-corrected chi connectivity index (χ2v) is 7.79. The van der Waals surface area contributed by atoms with E-state index in [4.69, 9.17) is 6.42 Å². The highest BCUT2D eigenvalue weighted by Gasteiger charge is 2.21. The van der Waals surface area contributed by atoms with Gasteiger partial charge in [0.15, 0.2) is 5.16 Å². The molecule has 1 amide bonds. The molecule has 0 aliphatic heterocycles. The Morgan fingerprint density at radius 2 is 2.11 bits per heavy atom. The normalized spacial score (nSPS) is 12.2. The van der Waals surface area contributed by atoms with E-state index in [1.54, 1.807) is 11.5 Å². The number of benzene rings is 1. The topological polar surface area (TPSA) is 81.3 Å². The van der Waals surface area contributed by atoms with Gasteiger partial charge < -0.3 is 5.32 Å². The number of aryl methyl sites for hydroxylation is 1. The van der Waals surface area contributed by atoms with Gasteiger partial charge in [-0.2, -0.15) is 0 Å². The first-order valence-corrected chi connectivity index (χ1v) is 10.2. The van der Waals surface area contributed by atoms with Gasteiger partial charge in [0.1, 0.15) is 0 Å². The number of terminal acetylenes is 1. The molecule has 3 rings (SSSR count). The first kappa shape index (κ1) is 20.0. The summed E-state index contributed by atoms with van der Waals surface area (Å²) in [6.45, 7) is 4.68. The highest BCUT2D eigenvalue weighted by atomic mass is 32.2. The summed E-state index contributed by atoms with van der Waals surface area (Å²) in [6.07, 6.45) is 8.19. The van der Waals surface area contributed by atoms with Crippen molar-refractivity contribution in [2.24, 2.45) is 0 Å². The van der Waals surface area contributed by atoms with Gasteiger partial charge in [-0.1, -0.05) is 49.6 Å². The molecule has 3 aromatic rings. The lowest BCUT2D eigenvalue weighted by Gasteiger charge is -2.12. The van der Waals surface area contributed by atoms with Crippen LogP contribution in [0.4, 0.5) is 0 Å². The van der Waals surface area contributed by atoms with Gasteiger partial charge in [-0.05, 0) is 25.5 Å². The minimum Gasteiger partial charge on any atom is -0.344 e. The van der Waals surface area contributed by atoms with Gasteiger partial charge in [-0.3, -0.25) is 18.6 Å². The summed E-state index contributed by atoms with van der Waals surface area (Å²) in [6, 6.07) is 7.40. The van der Waals surface area contributed by atoms with Crippen LogP contribution in [0.2, 0.25) is 0 Å². The van der Waals surface area contributed by atoms with Crippen molar-refractivity contribution in [2.75, 3.05) is 6.54 Å². The summed E-state index contributed by atoms with van der Waals surface area (Å²) in [5, 5.41) is 12.0. The number of hydrogen-bond donors (Lipinski definition) is 1. The quantitative estimate of drug-likeness (QED) is 0.359. The molecule has 2 heterocycles. The van der Waals surface area contributed by atoms with E-state index >= 15 is 0 Å². The number of aromatic nitrogens is 4. The number of nitrogens with zero attached hydrogens (tertiary/aromatic N) is 4. The molecule has 1 atom stereocenters. The molecule has 1 unspecified atom stereocenters. The number of hydrogen-bond acceptors (Lipinski definition) is 5. The molecule has 0 saturated heterocycles. The van der Waals surface area contributed by atoms with E-state index in [1.165, 1.54) is 11.8 Å². The van der Waals surface area contributed by atoms with Gasteiger partial charge in [0, 0.05) is 6.54 Å². The molecule has 0 aliphatic carbocycles. The smallest absolute Gasteiger partial charge is 0.262 e. The molecule has 0 aliphatic rings. The maximum absolute atomic E-state index is 13.0. The zero-order chi connectivity index (χ0) is 20.1. The monoisotopic (exact) mass is 397 g/mol. The molecule has 0 bridgehead atoms. The predicted octanol–water partition coefficient (Wildman–Crippen LogP) is 2.46. The first-order valence-electron chi connectivity index (χ1n) is 9.33. The third kappa shape index (κ3) is 3.90. The van der Waals surface area contributed by atoms with Gasteiger partial charge in [0.25, 0.3) is 5.56 Å². The van der Waals surface area contributed by atoms with Crippen LogP contribution in [0.15, 0.2) is 34.2 Å². The van der Waals surface area contributed by atoms with E-state index in [0.29, 0.717) is 22.9 Å². The number of fused-ring (bicyclic) bond motifs is 3. The maximum atomic E-state index is 13.0. The molecule has 146 valence electrons. The number of unbranched alkanes of at least 4 members (excludes halogenated alkanes) is 2. The average Bonchev–Trinajstić information content (AvgIpc) is 3.12. The Labute approximate surface area is 167 Å². The minimum atomic E-state index is -0.403. The van der Waals surface area contributed by atoms with Crippen LogP contribution < -0.4 is 10.9 Å². The van der Waals surface area contributed by atoms with Crippen LogP contribution >= 0.6 is 11.8 Å². The van der Waals surface area contributed by atoms with Gasteiger partial charge in [-0.15, -0.1) is 16.6 Å². The zero-order valence-electron chi connectivity index (χ0n) is 16.0. The van der Waals surface area contributed by atoms with E-state index < -0.39 is 5.25 Å². The molecule has 0 saturated carbocycles. The average molecular weight is 398 g/mol. The summed E-state index contributed by atoms with van der Waals surface area (Å²) >= 11 is 1.29. The van der Waals surface area contributed by atoms with Crippen molar-refractivity contribution in [3.63, 3.8) is 0 Å². The molecule has 2 aromatic heterocycles. The molecule has 0 radical (unpaired) electrons. The third-order valence-corrected chi connectivity index (χ3v) is 5.52. The second-order valence-electron chi connectivity index (χ2n) is 6.48. The third-order valence-electron chi connectivity index (χ3n) is 4.48. The minimum absolute atomic E-state index is 0.0667. The summed E-state index contributed by atoms with van der Waals surface area (Å²) in [5.41, 5.74) is 0.668. The van der Waals surface area contributed by atoms with Gasteiger partial charge in [-0.25, -0.2) is 0 Å². The highest BCUT2D eigenvalue weighted by molar-refractivity contribution is 8.00.